The van der Waals surface area contributed by atoms with Crippen molar-refractivity contribution in [3.8, 4) is 0 Å². The number of hydrogen-bond acceptors (Lipinski definition) is 6. The highest BCUT2D eigenvalue weighted by Gasteiger charge is 2.35. The van der Waals surface area contributed by atoms with Crippen molar-refractivity contribution in [2.45, 2.75) is 24.9 Å². The fourth-order valence-corrected chi connectivity index (χ4v) is 2.83. The van der Waals surface area contributed by atoms with E-state index in [2.05, 4.69) is 9.97 Å². The molecule has 4 N–H and O–H groups in total. The fourth-order valence-electron chi connectivity index (χ4n) is 2.37. The van der Waals surface area contributed by atoms with Crippen molar-refractivity contribution in [3.63, 3.8) is 0 Å². The third-order valence-electron chi connectivity index (χ3n) is 3.32. The maximum Gasteiger partial charge on any atom is 0.226 e. The quantitative estimate of drug-likeness (QED) is 0.712. The van der Waals surface area contributed by atoms with E-state index in [9.17, 15) is 5.11 Å². The molecule has 0 amide bonds. The van der Waals surface area contributed by atoms with Gasteiger partial charge in [-0.25, -0.2) is 4.98 Å². The molecular weight excluding hydrogens is 307 g/mol. The number of nitrogens with two attached hydrogens (primary N) is 1. The summed E-state index contributed by atoms with van der Waals surface area (Å²) in [6.07, 6.45) is 0.0294. The zero-order valence-electron chi connectivity index (χ0n) is 10.2. The highest BCUT2D eigenvalue weighted by Crippen LogP contribution is 2.36. The topological polar surface area (TPSA) is 106 Å². The first-order chi connectivity index (χ1) is 9.51. The molecule has 3 rings (SSSR count). The maximum atomic E-state index is 9.79. The van der Waals surface area contributed by atoms with E-state index >= 15 is 0 Å². The van der Waals surface area contributed by atoms with Crippen molar-refractivity contribution in [1.29, 1.82) is 0 Å². The molecule has 2 aromatic heterocycles. The Labute approximate surface area is 123 Å². The van der Waals surface area contributed by atoms with Crippen molar-refractivity contribution in [2.75, 3.05) is 12.3 Å². The number of halogens is 2. The summed E-state index contributed by atoms with van der Waals surface area (Å²) in [5.41, 5.74) is 6.22. The minimum absolute atomic E-state index is 0.00303. The molecule has 1 fully saturated rings. The second-order valence-corrected chi connectivity index (χ2v) is 5.32. The van der Waals surface area contributed by atoms with Gasteiger partial charge in [0.1, 0.15) is 18.1 Å². The van der Waals surface area contributed by atoms with Crippen LogP contribution in [0.15, 0.2) is 6.20 Å². The molecule has 9 heteroatoms. The van der Waals surface area contributed by atoms with Gasteiger partial charge in [-0.2, -0.15) is 4.98 Å². The zero-order valence-corrected chi connectivity index (χ0v) is 11.7. The van der Waals surface area contributed by atoms with E-state index in [1.807, 2.05) is 0 Å². The summed E-state index contributed by atoms with van der Waals surface area (Å²) in [4.78, 5) is 7.96. The molecule has 1 saturated heterocycles. The lowest BCUT2D eigenvalue weighted by Crippen LogP contribution is -2.24. The maximum absolute atomic E-state index is 9.79. The van der Waals surface area contributed by atoms with Gasteiger partial charge in [-0.3, -0.25) is 0 Å². The van der Waals surface area contributed by atoms with E-state index < -0.39 is 18.4 Å². The number of ether oxygens (including phenoxy) is 1. The monoisotopic (exact) mass is 318 g/mol. The molecule has 1 aliphatic heterocycles. The third kappa shape index (κ3) is 2.11. The molecule has 3 atom stereocenters. The first-order valence-electron chi connectivity index (χ1n) is 5.94. The number of nitrogens with zero attached hydrogens (tertiary/aromatic N) is 3. The summed E-state index contributed by atoms with van der Waals surface area (Å²) in [6.45, 7) is -0.261. The Morgan fingerprint density at radius 2 is 2.20 bits per heavy atom. The Bertz CT molecular complexity index is 663. The number of aliphatic hydroxyl groups is 2. The van der Waals surface area contributed by atoms with Gasteiger partial charge in [0, 0.05) is 12.6 Å². The minimum atomic E-state index is -0.754. The number of rotatable bonds is 2. The molecule has 0 saturated carbocycles. The largest absolute Gasteiger partial charge is 0.394 e. The average Bonchev–Trinajstić information content (AvgIpc) is 2.90. The number of nitrogen functional groups attached to an aromatic ring is 1. The summed E-state index contributed by atoms with van der Waals surface area (Å²) in [5.74, 6) is 0.181. The first-order valence-corrected chi connectivity index (χ1v) is 6.70. The van der Waals surface area contributed by atoms with Gasteiger partial charge in [-0.15, -0.1) is 0 Å². The van der Waals surface area contributed by atoms with Crippen LogP contribution < -0.4 is 5.73 Å². The van der Waals surface area contributed by atoms with Gasteiger partial charge in [-0.1, -0.05) is 11.6 Å². The lowest BCUT2D eigenvalue weighted by Gasteiger charge is -2.14. The lowest BCUT2D eigenvalue weighted by molar-refractivity contribution is -0.0430. The summed E-state index contributed by atoms with van der Waals surface area (Å²) >= 11 is 11.9. The minimum Gasteiger partial charge on any atom is -0.394 e. The highest BCUT2D eigenvalue weighted by atomic mass is 35.5. The molecule has 3 heterocycles. The van der Waals surface area contributed by atoms with Crippen LogP contribution in [-0.2, 0) is 4.74 Å². The van der Waals surface area contributed by atoms with Gasteiger partial charge >= 0.3 is 0 Å². The molecule has 2 aromatic rings. The molecule has 0 aliphatic carbocycles. The van der Waals surface area contributed by atoms with E-state index in [1.54, 1.807) is 10.8 Å². The third-order valence-corrected chi connectivity index (χ3v) is 3.78. The molecule has 0 bridgehead atoms. The lowest BCUT2D eigenvalue weighted by atomic mass is 10.2. The van der Waals surface area contributed by atoms with Gasteiger partial charge in [0.15, 0.2) is 5.65 Å². The Kier molecular flexibility index (Phi) is 3.47. The number of fused-ring (bicyclic) bond motifs is 1. The van der Waals surface area contributed by atoms with Crippen LogP contribution >= 0.6 is 23.2 Å². The summed E-state index contributed by atoms with van der Waals surface area (Å²) in [5, 5.41) is 19.8. The van der Waals surface area contributed by atoms with Crippen molar-refractivity contribution in [3.05, 3.63) is 16.5 Å². The highest BCUT2D eigenvalue weighted by molar-refractivity contribution is 6.36. The summed E-state index contributed by atoms with van der Waals surface area (Å²) in [6, 6.07) is 0. The van der Waals surface area contributed by atoms with Gasteiger partial charge in [0.2, 0.25) is 5.28 Å². The average molecular weight is 319 g/mol. The second-order valence-electron chi connectivity index (χ2n) is 4.58. The van der Waals surface area contributed by atoms with E-state index in [0.29, 0.717) is 22.5 Å². The molecule has 108 valence electrons. The van der Waals surface area contributed by atoms with E-state index in [1.165, 1.54) is 0 Å². The molecular formula is C11H12Cl2N4O3. The van der Waals surface area contributed by atoms with E-state index in [0.717, 1.165) is 0 Å². The normalized spacial score (nSPS) is 26.5. The van der Waals surface area contributed by atoms with Crippen LogP contribution in [0, 0.1) is 0 Å². The Morgan fingerprint density at radius 3 is 2.85 bits per heavy atom. The van der Waals surface area contributed by atoms with Crippen LogP contribution in [0.2, 0.25) is 10.3 Å². The SMILES string of the molecule is Nc1nc(Cl)nc2c1c(Cl)cn2[C@H]1C[C@H](O)[C@@H](CO)O1. The zero-order chi connectivity index (χ0) is 14.4. The number of aliphatic hydroxyl groups excluding tert-OH is 2. The molecule has 0 radical (unpaired) electrons. The summed E-state index contributed by atoms with van der Waals surface area (Å²) in [7, 11) is 0. The molecule has 20 heavy (non-hydrogen) atoms. The Balaban J connectivity index is 2.09. The van der Waals surface area contributed by atoms with Crippen LogP contribution in [0.4, 0.5) is 5.82 Å². The fraction of sp³-hybridized carbons (Fsp3) is 0.455. The van der Waals surface area contributed by atoms with E-state index in [4.69, 9.17) is 38.8 Å². The standard InChI is InChI=1S/C11H12Cl2N4O3/c12-4-2-17(7-1-5(19)6(3-18)20-7)10-8(4)9(14)15-11(13)16-10/h2,5-7,18-19H,1,3H2,(H2,14,15,16)/t5-,6+,7+/m0/s1. The van der Waals surface area contributed by atoms with Gasteiger partial charge in [0.05, 0.1) is 23.1 Å². The molecule has 1 aliphatic rings. The van der Waals surface area contributed by atoms with E-state index in [-0.39, 0.29) is 17.7 Å². The van der Waals surface area contributed by atoms with Crippen LogP contribution in [0.1, 0.15) is 12.6 Å². The van der Waals surface area contributed by atoms with Gasteiger partial charge < -0.3 is 25.3 Å². The predicted molar refractivity (Wildman–Crippen MR) is 73.6 cm³/mol. The van der Waals surface area contributed by atoms with Crippen molar-refractivity contribution >= 4 is 40.1 Å². The Hall–Kier alpha value is -1.12. The van der Waals surface area contributed by atoms with Gasteiger partial charge in [0.25, 0.3) is 0 Å². The smallest absolute Gasteiger partial charge is 0.226 e. The van der Waals surface area contributed by atoms with Gasteiger partial charge in [-0.05, 0) is 11.6 Å². The van der Waals surface area contributed by atoms with Crippen LogP contribution in [0.5, 0.6) is 0 Å². The molecule has 0 spiro atoms. The number of aromatic nitrogens is 3. The molecule has 0 aromatic carbocycles. The van der Waals surface area contributed by atoms with Crippen molar-refractivity contribution < 1.29 is 14.9 Å². The molecule has 7 nitrogen and oxygen atoms in total. The first kappa shape index (κ1) is 13.8. The predicted octanol–water partition coefficient (Wildman–Crippen LogP) is 0.961. The second kappa shape index (κ2) is 5.01. The Morgan fingerprint density at radius 1 is 1.45 bits per heavy atom. The van der Waals surface area contributed by atoms with Crippen LogP contribution in [0.3, 0.4) is 0 Å². The molecule has 0 unspecified atom stereocenters. The van der Waals surface area contributed by atoms with Crippen molar-refractivity contribution in [2.24, 2.45) is 0 Å². The van der Waals surface area contributed by atoms with Crippen molar-refractivity contribution in [1.82, 2.24) is 14.5 Å². The number of anilines is 1. The van der Waals surface area contributed by atoms with Crippen LogP contribution in [0.25, 0.3) is 11.0 Å². The summed E-state index contributed by atoms with van der Waals surface area (Å²) < 4.78 is 7.21. The van der Waals surface area contributed by atoms with Crippen LogP contribution in [-0.4, -0.2) is 43.6 Å². The number of hydrogen-bond donors (Lipinski definition) is 3.